The zero-order chi connectivity index (χ0) is 13.0. The van der Waals surface area contributed by atoms with Crippen LogP contribution in [0.3, 0.4) is 0 Å². The molecule has 0 aromatic carbocycles. The Morgan fingerprint density at radius 2 is 1.69 bits per heavy atom. The van der Waals surface area contributed by atoms with Crippen LogP contribution in [0.2, 0.25) is 0 Å². The second-order valence-electron chi connectivity index (χ2n) is 6.44. The minimum atomic E-state index is -0.432. The number of rotatable bonds is 4. The van der Waals surface area contributed by atoms with Crippen molar-refractivity contribution in [3.63, 3.8) is 0 Å². The number of nitrogens with one attached hydrogen (secondary N) is 1. The molecule has 0 fully saturated rings. The van der Waals surface area contributed by atoms with E-state index >= 15 is 0 Å². The maximum Gasteiger partial charge on any atom is 0.408 e. The summed E-state index contributed by atoms with van der Waals surface area (Å²) in [5, 5.41) is 2.91. The fraction of sp³-hybridized carbons (Fsp3) is 0.923. The lowest BCUT2D eigenvalue weighted by Crippen LogP contribution is -2.45. The van der Waals surface area contributed by atoms with E-state index in [-0.39, 0.29) is 11.6 Å². The van der Waals surface area contributed by atoms with Gasteiger partial charge in [-0.05, 0) is 53.4 Å². The van der Waals surface area contributed by atoms with Crippen molar-refractivity contribution in [3.8, 4) is 0 Å². The molecule has 0 unspecified atom stereocenters. The van der Waals surface area contributed by atoms with Gasteiger partial charge < -0.3 is 10.1 Å². The summed E-state index contributed by atoms with van der Waals surface area (Å²) in [7, 11) is 0. The number of carbonyl (C=O) groups is 1. The van der Waals surface area contributed by atoms with Crippen LogP contribution in [-0.2, 0) is 4.74 Å². The monoisotopic (exact) mass is 229 g/mol. The largest absolute Gasteiger partial charge is 0.444 e. The predicted octanol–water partition coefficient (Wildman–Crippen LogP) is 3.73. The Bertz CT molecular complexity index is 227. The van der Waals surface area contributed by atoms with E-state index < -0.39 is 5.60 Å². The minimum absolute atomic E-state index is 0.202. The number of carbonyl (C=O) groups excluding carboxylic acids is 1. The summed E-state index contributed by atoms with van der Waals surface area (Å²) in [6.07, 6.45) is 1.73. The van der Waals surface area contributed by atoms with E-state index in [0.29, 0.717) is 5.92 Å². The normalized spacial score (nSPS) is 12.8. The Kier molecular flexibility index (Phi) is 5.30. The lowest BCUT2D eigenvalue weighted by Gasteiger charge is -2.29. The molecule has 0 rings (SSSR count). The van der Waals surface area contributed by atoms with Crippen molar-refractivity contribution >= 4 is 6.09 Å². The van der Waals surface area contributed by atoms with Crippen molar-refractivity contribution in [3.05, 3.63) is 0 Å². The van der Waals surface area contributed by atoms with Gasteiger partial charge in [-0.15, -0.1) is 0 Å². The fourth-order valence-electron chi connectivity index (χ4n) is 1.29. The van der Waals surface area contributed by atoms with Crippen molar-refractivity contribution < 1.29 is 9.53 Å². The maximum absolute atomic E-state index is 11.6. The molecule has 0 atom stereocenters. The standard InChI is InChI=1S/C13H27NO2/c1-10(2)8-9-13(6,7)14-11(15)16-12(3,4)5/h10H,8-9H2,1-7H3,(H,14,15). The zero-order valence-electron chi connectivity index (χ0n) is 11.8. The van der Waals surface area contributed by atoms with Gasteiger partial charge in [0.2, 0.25) is 0 Å². The maximum atomic E-state index is 11.6. The van der Waals surface area contributed by atoms with E-state index in [1.807, 2.05) is 34.6 Å². The third-order valence-electron chi connectivity index (χ3n) is 2.19. The van der Waals surface area contributed by atoms with Crippen molar-refractivity contribution in [1.82, 2.24) is 5.32 Å². The quantitative estimate of drug-likeness (QED) is 0.797. The van der Waals surface area contributed by atoms with Crippen LogP contribution >= 0.6 is 0 Å². The molecular formula is C13H27NO2. The van der Waals surface area contributed by atoms with Crippen LogP contribution < -0.4 is 5.32 Å². The van der Waals surface area contributed by atoms with Gasteiger partial charge in [0.1, 0.15) is 5.60 Å². The molecule has 0 aliphatic carbocycles. The van der Waals surface area contributed by atoms with E-state index in [1.54, 1.807) is 0 Å². The fourth-order valence-corrected chi connectivity index (χ4v) is 1.29. The van der Waals surface area contributed by atoms with Gasteiger partial charge in [-0.3, -0.25) is 0 Å². The number of ether oxygens (including phenoxy) is 1. The van der Waals surface area contributed by atoms with E-state index in [1.165, 1.54) is 0 Å². The van der Waals surface area contributed by atoms with E-state index in [9.17, 15) is 4.79 Å². The highest BCUT2D eigenvalue weighted by Crippen LogP contribution is 2.17. The van der Waals surface area contributed by atoms with Crippen molar-refractivity contribution in [2.75, 3.05) is 0 Å². The third-order valence-corrected chi connectivity index (χ3v) is 2.19. The summed E-state index contributed by atoms with van der Waals surface area (Å²) in [5.41, 5.74) is -0.634. The lowest BCUT2D eigenvalue weighted by molar-refractivity contribution is 0.0465. The molecule has 1 amide bonds. The number of hydrogen-bond donors (Lipinski definition) is 1. The first-order valence-electron chi connectivity index (χ1n) is 6.03. The first kappa shape index (κ1) is 15.3. The van der Waals surface area contributed by atoms with Crippen LogP contribution in [0.15, 0.2) is 0 Å². The Morgan fingerprint density at radius 3 is 2.06 bits per heavy atom. The smallest absolute Gasteiger partial charge is 0.408 e. The van der Waals surface area contributed by atoms with Gasteiger partial charge >= 0.3 is 6.09 Å². The van der Waals surface area contributed by atoms with Crippen molar-refractivity contribution in [2.24, 2.45) is 5.92 Å². The number of alkyl carbamates (subject to hydrolysis) is 1. The van der Waals surface area contributed by atoms with Gasteiger partial charge in [0.15, 0.2) is 0 Å². The predicted molar refractivity (Wildman–Crippen MR) is 67.5 cm³/mol. The summed E-state index contributed by atoms with van der Waals surface area (Å²) >= 11 is 0. The first-order chi connectivity index (χ1) is 7.02. The summed E-state index contributed by atoms with van der Waals surface area (Å²) < 4.78 is 5.23. The molecule has 0 aromatic heterocycles. The second kappa shape index (κ2) is 5.55. The molecule has 0 saturated carbocycles. The topological polar surface area (TPSA) is 38.3 Å². The van der Waals surface area contributed by atoms with Gasteiger partial charge in [0, 0.05) is 5.54 Å². The van der Waals surface area contributed by atoms with Gasteiger partial charge in [-0.25, -0.2) is 4.79 Å². The van der Waals surface area contributed by atoms with Crippen LogP contribution in [0.4, 0.5) is 4.79 Å². The van der Waals surface area contributed by atoms with Crippen LogP contribution in [0.1, 0.15) is 61.3 Å². The van der Waals surface area contributed by atoms with Gasteiger partial charge in [-0.1, -0.05) is 13.8 Å². The summed E-state index contributed by atoms with van der Waals surface area (Å²) in [4.78, 5) is 11.6. The molecule has 96 valence electrons. The average Bonchev–Trinajstić information content (AvgIpc) is 1.95. The Balaban J connectivity index is 4.10. The van der Waals surface area contributed by atoms with Crippen molar-refractivity contribution in [1.29, 1.82) is 0 Å². The molecule has 16 heavy (non-hydrogen) atoms. The van der Waals surface area contributed by atoms with E-state index in [2.05, 4.69) is 19.2 Å². The molecular weight excluding hydrogens is 202 g/mol. The highest BCUT2D eigenvalue weighted by atomic mass is 16.6. The molecule has 3 heteroatoms. The molecule has 0 aromatic rings. The average molecular weight is 229 g/mol. The van der Waals surface area contributed by atoms with Gasteiger partial charge in [0.05, 0.1) is 0 Å². The molecule has 0 aliphatic heterocycles. The Labute approximate surface area is 99.9 Å². The second-order valence-corrected chi connectivity index (χ2v) is 6.44. The summed E-state index contributed by atoms with van der Waals surface area (Å²) in [6.45, 7) is 14.0. The molecule has 1 N–H and O–H groups in total. The third kappa shape index (κ3) is 8.57. The molecule has 3 nitrogen and oxygen atoms in total. The molecule has 0 spiro atoms. The van der Waals surface area contributed by atoms with E-state index in [0.717, 1.165) is 12.8 Å². The number of amides is 1. The first-order valence-corrected chi connectivity index (χ1v) is 6.03. The molecule has 0 radical (unpaired) electrons. The van der Waals surface area contributed by atoms with Crippen LogP contribution in [0.5, 0.6) is 0 Å². The Hall–Kier alpha value is -0.730. The highest BCUT2D eigenvalue weighted by molar-refractivity contribution is 5.68. The summed E-state index contributed by atoms with van der Waals surface area (Å²) in [6, 6.07) is 0. The number of hydrogen-bond acceptors (Lipinski definition) is 2. The SMILES string of the molecule is CC(C)CCC(C)(C)NC(=O)OC(C)(C)C. The minimum Gasteiger partial charge on any atom is -0.444 e. The lowest BCUT2D eigenvalue weighted by atomic mass is 9.94. The molecule has 0 heterocycles. The van der Waals surface area contributed by atoms with Crippen LogP contribution in [0.25, 0.3) is 0 Å². The zero-order valence-corrected chi connectivity index (χ0v) is 11.8. The van der Waals surface area contributed by atoms with Crippen LogP contribution in [0, 0.1) is 5.92 Å². The molecule has 0 aliphatic rings. The van der Waals surface area contributed by atoms with Gasteiger partial charge in [0.25, 0.3) is 0 Å². The summed E-state index contributed by atoms with van der Waals surface area (Å²) in [5.74, 6) is 0.653. The van der Waals surface area contributed by atoms with Crippen LogP contribution in [-0.4, -0.2) is 17.2 Å². The highest BCUT2D eigenvalue weighted by Gasteiger charge is 2.24. The van der Waals surface area contributed by atoms with Gasteiger partial charge in [-0.2, -0.15) is 0 Å². The molecule has 0 bridgehead atoms. The van der Waals surface area contributed by atoms with Crippen molar-refractivity contribution in [2.45, 2.75) is 72.4 Å². The van der Waals surface area contributed by atoms with E-state index in [4.69, 9.17) is 4.74 Å². The molecule has 0 saturated heterocycles. The Morgan fingerprint density at radius 1 is 1.19 bits per heavy atom.